The number of anilines is 1. The lowest BCUT2D eigenvalue weighted by Crippen LogP contribution is -2.37. The topological polar surface area (TPSA) is 101 Å². The fourth-order valence-corrected chi connectivity index (χ4v) is 2.53. The molecule has 0 unspecified atom stereocenters. The second-order valence-corrected chi connectivity index (χ2v) is 6.75. The third-order valence-electron chi connectivity index (χ3n) is 3.55. The van der Waals surface area contributed by atoms with Gasteiger partial charge in [0.1, 0.15) is 5.60 Å². The number of para-hydroxylation sites is 1. The van der Waals surface area contributed by atoms with Gasteiger partial charge in [-0.2, -0.15) is 4.79 Å². The van der Waals surface area contributed by atoms with E-state index in [9.17, 15) is 15.1 Å². The molecule has 0 aromatic heterocycles. The highest BCUT2D eigenvalue weighted by molar-refractivity contribution is 6.36. The molecular formula is C18H23N3O5. The first kappa shape index (κ1) is 19.6. The van der Waals surface area contributed by atoms with Crippen molar-refractivity contribution in [3.63, 3.8) is 0 Å². The second kappa shape index (κ2) is 8.12. The number of nitrogens with zero attached hydrogens (tertiary/aromatic N) is 3. The summed E-state index contributed by atoms with van der Waals surface area (Å²) in [4.78, 5) is 33.4. The molecule has 0 saturated carbocycles. The van der Waals surface area contributed by atoms with E-state index in [1.54, 1.807) is 52.0 Å². The van der Waals surface area contributed by atoms with Gasteiger partial charge in [-0.15, -0.1) is 0 Å². The first-order valence-corrected chi connectivity index (χ1v) is 8.39. The van der Waals surface area contributed by atoms with E-state index in [1.165, 1.54) is 5.06 Å². The number of ether oxygens (including phenoxy) is 2. The zero-order chi connectivity index (χ0) is 19.3. The summed E-state index contributed by atoms with van der Waals surface area (Å²) in [5.74, 6) is -1.29. The number of hydrogen-bond donors (Lipinski definition) is 0. The van der Waals surface area contributed by atoms with Crippen LogP contribution >= 0.6 is 0 Å². The van der Waals surface area contributed by atoms with Crippen LogP contribution in [0.3, 0.4) is 0 Å². The predicted molar refractivity (Wildman–Crippen MR) is 93.3 cm³/mol. The van der Waals surface area contributed by atoms with Crippen molar-refractivity contribution in [2.24, 2.45) is 0 Å². The quantitative estimate of drug-likeness (QED) is 0.345. The van der Waals surface area contributed by atoms with Gasteiger partial charge in [0.25, 0.3) is 0 Å². The Labute approximate surface area is 152 Å². The molecule has 1 aromatic carbocycles. The SMILES string of the molecule is CCOC(=O)[C@@H]1C[C@H](C(=[N+]=[N-])C(=O)OC(C)(C)C)ON1c1ccccc1. The number of hydrogen-bond acceptors (Lipinski definition) is 6. The van der Waals surface area contributed by atoms with Crippen molar-refractivity contribution in [3.05, 3.63) is 35.9 Å². The molecular weight excluding hydrogens is 338 g/mol. The molecule has 0 spiro atoms. The van der Waals surface area contributed by atoms with E-state index in [0.29, 0.717) is 5.69 Å². The summed E-state index contributed by atoms with van der Waals surface area (Å²) < 4.78 is 10.3. The van der Waals surface area contributed by atoms with E-state index in [0.717, 1.165) is 0 Å². The summed E-state index contributed by atoms with van der Waals surface area (Å²) >= 11 is 0. The van der Waals surface area contributed by atoms with Crippen LogP contribution in [0.2, 0.25) is 0 Å². The summed E-state index contributed by atoms with van der Waals surface area (Å²) in [7, 11) is 0. The Morgan fingerprint density at radius 3 is 2.50 bits per heavy atom. The second-order valence-electron chi connectivity index (χ2n) is 6.75. The molecule has 1 saturated heterocycles. The Balaban J connectivity index is 2.27. The maximum absolute atomic E-state index is 12.3. The highest BCUT2D eigenvalue weighted by atomic mass is 16.7. The third kappa shape index (κ3) is 4.68. The van der Waals surface area contributed by atoms with E-state index in [1.807, 2.05) is 6.07 Å². The van der Waals surface area contributed by atoms with Gasteiger partial charge in [0.05, 0.1) is 12.3 Å². The van der Waals surface area contributed by atoms with E-state index in [-0.39, 0.29) is 18.7 Å². The number of carbonyl (C=O) groups is 2. The summed E-state index contributed by atoms with van der Waals surface area (Å²) in [5.41, 5.74) is 8.87. The molecule has 26 heavy (non-hydrogen) atoms. The fourth-order valence-electron chi connectivity index (χ4n) is 2.53. The molecule has 1 aromatic rings. The van der Waals surface area contributed by atoms with Crippen LogP contribution in [-0.2, 0) is 23.9 Å². The van der Waals surface area contributed by atoms with Crippen molar-refractivity contribution < 1.29 is 28.7 Å². The van der Waals surface area contributed by atoms with Gasteiger partial charge in [0.15, 0.2) is 12.1 Å². The smallest absolute Gasteiger partial charge is 0.420 e. The Morgan fingerprint density at radius 2 is 1.96 bits per heavy atom. The van der Waals surface area contributed by atoms with Crippen LogP contribution in [-0.4, -0.2) is 46.8 Å². The minimum atomic E-state index is -0.940. The van der Waals surface area contributed by atoms with Crippen LogP contribution in [0.5, 0.6) is 0 Å². The minimum absolute atomic E-state index is 0.0896. The van der Waals surface area contributed by atoms with Gasteiger partial charge >= 0.3 is 17.7 Å². The normalized spacial score (nSPS) is 19.6. The van der Waals surface area contributed by atoms with Crippen molar-refractivity contribution in [2.45, 2.75) is 51.9 Å². The summed E-state index contributed by atoms with van der Waals surface area (Å²) in [6.07, 6.45) is -0.851. The summed E-state index contributed by atoms with van der Waals surface area (Å²) in [6.45, 7) is 7.03. The monoisotopic (exact) mass is 361 g/mol. The summed E-state index contributed by atoms with van der Waals surface area (Å²) in [6, 6.07) is 8.17. The van der Waals surface area contributed by atoms with Gasteiger partial charge in [0.2, 0.25) is 0 Å². The average molecular weight is 361 g/mol. The van der Waals surface area contributed by atoms with Crippen LogP contribution in [0.1, 0.15) is 34.1 Å². The lowest BCUT2D eigenvalue weighted by Gasteiger charge is -2.23. The van der Waals surface area contributed by atoms with Crippen LogP contribution in [0.25, 0.3) is 5.53 Å². The molecule has 8 heteroatoms. The Kier molecular flexibility index (Phi) is 6.13. The fraction of sp³-hybridized carbons (Fsp3) is 0.500. The van der Waals surface area contributed by atoms with Crippen molar-refractivity contribution in [2.75, 3.05) is 11.7 Å². The molecule has 8 nitrogen and oxygen atoms in total. The standard InChI is InChI=1S/C18H23N3O5/c1-5-24-16(22)13-11-14(15(20-19)17(23)25-18(2,3)4)26-21(13)12-9-7-6-8-10-12/h6-10,13-14H,5,11H2,1-4H3/t13-,14+/m0/s1. The number of hydroxylamine groups is 1. The molecule has 1 aliphatic rings. The molecule has 1 heterocycles. The molecule has 1 fully saturated rings. The van der Waals surface area contributed by atoms with Crippen LogP contribution in [0, 0.1) is 0 Å². The lowest BCUT2D eigenvalue weighted by atomic mass is 10.1. The molecule has 0 bridgehead atoms. The largest absolute Gasteiger partial charge is 0.464 e. The molecule has 2 rings (SSSR count). The maximum Gasteiger partial charge on any atom is 0.420 e. The van der Waals surface area contributed by atoms with Crippen LogP contribution in [0.15, 0.2) is 30.3 Å². The number of benzene rings is 1. The molecule has 0 radical (unpaired) electrons. The van der Waals surface area contributed by atoms with Gasteiger partial charge in [-0.3, -0.25) is 4.84 Å². The van der Waals surface area contributed by atoms with Gasteiger partial charge in [0, 0.05) is 6.42 Å². The summed E-state index contributed by atoms with van der Waals surface area (Å²) in [5, 5.41) is 1.37. The van der Waals surface area contributed by atoms with E-state index >= 15 is 0 Å². The lowest BCUT2D eigenvalue weighted by molar-refractivity contribution is -0.152. The maximum atomic E-state index is 12.3. The van der Waals surface area contributed by atoms with Crippen LogP contribution in [0.4, 0.5) is 5.69 Å². The molecule has 0 aliphatic carbocycles. The average Bonchev–Trinajstić information content (AvgIpc) is 3.00. The zero-order valence-electron chi connectivity index (χ0n) is 15.3. The van der Waals surface area contributed by atoms with Crippen molar-refractivity contribution in [1.82, 2.24) is 0 Å². The van der Waals surface area contributed by atoms with Gasteiger partial charge in [-0.05, 0) is 39.8 Å². The predicted octanol–water partition coefficient (Wildman–Crippen LogP) is 2.14. The number of rotatable bonds is 5. The van der Waals surface area contributed by atoms with E-state index in [4.69, 9.17) is 14.3 Å². The van der Waals surface area contributed by atoms with Gasteiger partial charge < -0.3 is 15.0 Å². The van der Waals surface area contributed by atoms with Crippen molar-refractivity contribution in [1.29, 1.82) is 0 Å². The molecule has 1 aliphatic heterocycles. The van der Waals surface area contributed by atoms with E-state index < -0.39 is 29.7 Å². The first-order valence-electron chi connectivity index (χ1n) is 8.39. The van der Waals surface area contributed by atoms with Crippen molar-refractivity contribution in [3.8, 4) is 0 Å². The first-order chi connectivity index (χ1) is 12.3. The van der Waals surface area contributed by atoms with Gasteiger partial charge in [-0.25, -0.2) is 14.7 Å². The third-order valence-corrected chi connectivity index (χ3v) is 3.55. The minimum Gasteiger partial charge on any atom is -0.464 e. The molecule has 0 amide bonds. The Bertz CT molecular complexity index is 707. The Hall–Kier alpha value is -2.70. The van der Waals surface area contributed by atoms with E-state index in [2.05, 4.69) is 4.79 Å². The zero-order valence-corrected chi connectivity index (χ0v) is 15.3. The highest BCUT2D eigenvalue weighted by Crippen LogP contribution is 2.29. The van der Waals surface area contributed by atoms with Gasteiger partial charge in [-0.1, -0.05) is 18.2 Å². The molecule has 2 atom stereocenters. The number of carbonyl (C=O) groups excluding carboxylic acids is 2. The number of esters is 2. The highest BCUT2D eigenvalue weighted by Gasteiger charge is 2.48. The van der Waals surface area contributed by atoms with Crippen molar-refractivity contribution >= 4 is 23.3 Å². The van der Waals surface area contributed by atoms with Crippen LogP contribution < -0.4 is 5.06 Å². The molecule has 0 N–H and O–H groups in total. The molecule has 140 valence electrons. The Morgan fingerprint density at radius 1 is 1.31 bits per heavy atom.